The average molecular weight is 484 g/mol. The number of ketones is 1. The van der Waals surface area contributed by atoms with Gasteiger partial charge in [-0.25, -0.2) is 0 Å². The number of rotatable bonds is 3. The zero-order chi connectivity index (χ0) is 16.7. The molecule has 5 heteroatoms. The van der Waals surface area contributed by atoms with E-state index in [4.69, 9.17) is 0 Å². The van der Waals surface area contributed by atoms with Crippen LogP contribution in [0.1, 0.15) is 51.9 Å². The van der Waals surface area contributed by atoms with Gasteiger partial charge in [0.25, 0.3) is 0 Å². The topological polar surface area (TPSA) is 17.1 Å². The number of hydrogen-bond acceptors (Lipinski definition) is 1. The molecule has 1 rings (SSSR count). The van der Waals surface area contributed by atoms with Gasteiger partial charge in [0, 0.05) is 13.5 Å². The van der Waals surface area contributed by atoms with E-state index in [1.54, 1.807) is 0 Å². The molecule has 0 aliphatic heterocycles. The molecule has 0 radical (unpaired) electrons. The van der Waals surface area contributed by atoms with Crippen LogP contribution in [0.4, 0.5) is 0 Å². The fourth-order valence-corrected chi connectivity index (χ4v) is 6.38. The Morgan fingerprint density at radius 3 is 1.71 bits per heavy atom. The molecule has 0 unspecified atom stereocenters. The van der Waals surface area contributed by atoms with Gasteiger partial charge in [-0.05, 0) is 41.5 Å². The van der Waals surface area contributed by atoms with Crippen LogP contribution >= 0.6 is 36.4 Å². The Morgan fingerprint density at radius 2 is 1.38 bits per heavy atom. The summed E-state index contributed by atoms with van der Waals surface area (Å²) in [4.78, 5) is 12.4. The molecule has 0 N–H and O–H groups in total. The molecule has 0 spiro atoms. The van der Waals surface area contributed by atoms with E-state index in [1.165, 1.54) is 10.9 Å². The van der Waals surface area contributed by atoms with Gasteiger partial charge < -0.3 is 0 Å². The van der Waals surface area contributed by atoms with Crippen LogP contribution < -0.4 is 0 Å². The third kappa shape index (κ3) is 8.84. The van der Waals surface area contributed by atoms with Gasteiger partial charge in [-0.3, -0.25) is 4.79 Å². The fraction of sp³-hybridized carbons (Fsp3) is 0.562. The monoisotopic (exact) mass is 481 g/mol. The summed E-state index contributed by atoms with van der Waals surface area (Å²) in [6.45, 7) is 13.6. The van der Waals surface area contributed by atoms with E-state index in [9.17, 15) is 4.79 Å². The van der Waals surface area contributed by atoms with Crippen molar-refractivity contribution in [1.29, 1.82) is 0 Å². The van der Waals surface area contributed by atoms with Crippen molar-refractivity contribution in [3.05, 3.63) is 35.9 Å². The first-order chi connectivity index (χ1) is 9.54. The van der Waals surface area contributed by atoms with Crippen molar-refractivity contribution >= 4 is 42.2 Å². The Bertz CT molecular complexity index is 410. The third-order valence-electron chi connectivity index (χ3n) is 3.24. The number of halogens is 2. The van der Waals surface area contributed by atoms with E-state index in [2.05, 4.69) is 70.0 Å². The Labute approximate surface area is 151 Å². The van der Waals surface area contributed by atoms with Crippen LogP contribution in [-0.4, -0.2) is 22.3 Å². The molecule has 0 heterocycles. The molecule has 0 fully saturated rings. The molecule has 1 aromatic carbocycles. The van der Waals surface area contributed by atoms with E-state index in [0.29, 0.717) is 5.78 Å². The van der Waals surface area contributed by atoms with Gasteiger partial charge in [0.2, 0.25) is 0 Å². The van der Waals surface area contributed by atoms with Gasteiger partial charge in [-0.2, -0.15) is 0 Å². The number of carbonyl (C=O) groups is 1. The van der Waals surface area contributed by atoms with Crippen LogP contribution in [0.2, 0.25) is 0 Å². The molecule has 0 aliphatic carbocycles. The van der Waals surface area contributed by atoms with Crippen LogP contribution in [-0.2, 0) is 10.9 Å². The molecule has 0 saturated heterocycles. The second kappa shape index (κ2) is 9.81. The maximum atomic E-state index is 12.4. The summed E-state index contributed by atoms with van der Waals surface area (Å²) in [5.74, 6) is 0.300. The Kier molecular flexibility index (Phi) is 10.2. The first-order valence-corrected chi connectivity index (χ1v) is 13.4. The standard InChI is InChI=1S/C16H25OP.2BrH.Ni/c1-15(2,3)18(16(4,5)6)12-14(17)13-10-8-7-9-11-13;;;/h7-11H,12H2,1-6H3;2*1H;/q;;;+2/p-1. The predicted molar refractivity (Wildman–Crippen MR) is 101 cm³/mol. The summed E-state index contributed by atoms with van der Waals surface area (Å²) in [7, 11) is 0.479. The average Bonchev–Trinajstić information content (AvgIpc) is 2.35. The summed E-state index contributed by atoms with van der Waals surface area (Å²) in [5.41, 5.74) is 0.855. The quantitative estimate of drug-likeness (QED) is 0.277. The molecular formula is C16H26Br2NiOP+. The van der Waals surface area contributed by atoms with Crippen molar-refractivity contribution in [2.45, 2.75) is 51.9 Å². The Hall–Kier alpha value is 0.774. The predicted octanol–water partition coefficient (Wildman–Crippen LogP) is 6.37. The molecule has 124 valence electrons. The molecule has 1 nitrogen and oxygen atoms in total. The maximum absolute atomic E-state index is 12.4. The van der Waals surface area contributed by atoms with Gasteiger partial charge >= 0.3 is 39.3 Å². The summed E-state index contributed by atoms with van der Waals surface area (Å²) in [5, 5.41) is 0.487. The SMILES string of the molecule is CC(C)(C)[PH+](CC(=O)c1ccccc1)C(C)(C)C.[Br][Ni][Br]. The van der Waals surface area contributed by atoms with Gasteiger partial charge in [-0.1, -0.05) is 30.3 Å². The number of carbonyl (C=O) groups excluding carboxylic acids is 1. The Balaban J connectivity index is 0.00000122. The van der Waals surface area contributed by atoms with E-state index in [0.717, 1.165) is 11.7 Å². The van der Waals surface area contributed by atoms with Crippen molar-refractivity contribution in [3.63, 3.8) is 0 Å². The van der Waals surface area contributed by atoms with E-state index in [-0.39, 0.29) is 10.3 Å². The van der Waals surface area contributed by atoms with E-state index in [1.807, 2.05) is 30.3 Å². The number of hydrogen-bond donors (Lipinski definition) is 0. The molecule has 21 heavy (non-hydrogen) atoms. The molecule has 0 aliphatic rings. The normalized spacial score (nSPS) is 12.0. The fourth-order valence-electron chi connectivity index (χ4n) is 2.54. The first-order valence-electron chi connectivity index (χ1n) is 6.81. The third-order valence-corrected chi connectivity index (χ3v) is 7.54. The van der Waals surface area contributed by atoms with Gasteiger partial charge in [0.05, 0.1) is 10.3 Å². The molecule has 1 aromatic rings. The van der Waals surface area contributed by atoms with Crippen LogP contribution in [0, 0.1) is 0 Å². The van der Waals surface area contributed by atoms with E-state index >= 15 is 0 Å². The minimum absolute atomic E-state index is 0.243. The molecular weight excluding hydrogens is 458 g/mol. The zero-order valence-electron chi connectivity index (χ0n) is 13.6. The molecule has 0 atom stereocenters. The second-order valence-electron chi connectivity index (χ2n) is 6.99. The number of Topliss-reactive ketones (excluding diaryl/α,β-unsaturated/α-hetero) is 1. The van der Waals surface area contributed by atoms with E-state index < -0.39 is 7.92 Å². The molecule has 0 saturated carbocycles. The summed E-state index contributed by atoms with van der Waals surface area (Å²) in [6, 6.07) is 9.68. The van der Waals surface area contributed by atoms with Gasteiger partial charge in [-0.15, -0.1) is 0 Å². The summed E-state index contributed by atoms with van der Waals surface area (Å²) < 4.78 is 0. The van der Waals surface area contributed by atoms with Crippen LogP contribution in [0.15, 0.2) is 30.3 Å². The second-order valence-corrected chi connectivity index (χ2v) is 16.3. The number of benzene rings is 1. The first kappa shape index (κ1) is 21.8. The van der Waals surface area contributed by atoms with Crippen molar-refractivity contribution in [2.75, 3.05) is 6.16 Å². The minimum atomic E-state index is -0.771. The zero-order valence-corrected chi connectivity index (χ0v) is 18.7. The summed E-state index contributed by atoms with van der Waals surface area (Å²) >= 11 is 6.00. The summed E-state index contributed by atoms with van der Waals surface area (Å²) in [6.07, 6.45) is 0.724. The molecule has 0 amide bonds. The van der Waals surface area contributed by atoms with Crippen LogP contribution in [0.25, 0.3) is 0 Å². The van der Waals surface area contributed by atoms with Crippen molar-refractivity contribution < 1.29 is 15.7 Å². The van der Waals surface area contributed by atoms with Gasteiger partial charge in [0.1, 0.15) is 6.16 Å². The molecule has 0 aromatic heterocycles. The molecule has 0 bridgehead atoms. The van der Waals surface area contributed by atoms with Crippen LogP contribution in [0.5, 0.6) is 0 Å². The Morgan fingerprint density at radius 1 is 1.00 bits per heavy atom. The van der Waals surface area contributed by atoms with Gasteiger partial charge in [0.15, 0.2) is 5.78 Å². The van der Waals surface area contributed by atoms with Crippen molar-refractivity contribution in [3.8, 4) is 0 Å². The van der Waals surface area contributed by atoms with Crippen LogP contribution in [0.3, 0.4) is 0 Å². The van der Waals surface area contributed by atoms with Crippen molar-refractivity contribution in [1.82, 2.24) is 0 Å². The van der Waals surface area contributed by atoms with Crippen molar-refractivity contribution in [2.24, 2.45) is 0 Å².